The monoisotopic (exact) mass is 304 g/mol. The summed E-state index contributed by atoms with van der Waals surface area (Å²) in [6.07, 6.45) is 1.71. The van der Waals surface area contributed by atoms with E-state index in [0.717, 1.165) is 42.7 Å². The van der Waals surface area contributed by atoms with Crippen molar-refractivity contribution < 1.29 is 0 Å². The van der Waals surface area contributed by atoms with E-state index in [1.165, 1.54) is 0 Å². The summed E-state index contributed by atoms with van der Waals surface area (Å²) in [5.74, 6) is 6.67. The molecule has 110 valence electrons. The van der Waals surface area contributed by atoms with E-state index in [1.807, 2.05) is 24.3 Å². The van der Waals surface area contributed by atoms with Crippen LogP contribution >= 0.6 is 11.6 Å². The second kappa shape index (κ2) is 6.15. The number of nitrogens with one attached hydrogen (secondary N) is 1. The molecule has 21 heavy (non-hydrogen) atoms. The Bertz CT molecular complexity index is 612. The summed E-state index contributed by atoms with van der Waals surface area (Å²) in [4.78, 5) is 12.9. The highest BCUT2D eigenvalue weighted by atomic mass is 35.5. The predicted octanol–water partition coefficient (Wildman–Crippen LogP) is 1.74. The SMILES string of the molecule is NNc1nccc(N2CCN(c3cccc(Cl)c3)CC2)n1. The molecule has 1 fully saturated rings. The molecule has 0 unspecified atom stereocenters. The van der Waals surface area contributed by atoms with Gasteiger partial charge < -0.3 is 9.80 Å². The lowest BCUT2D eigenvalue weighted by atomic mass is 10.2. The Morgan fingerprint density at radius 2 is 1.86 bits per heavy atom. The average Bonchev–Trinajstić information content (AvgIpc) is 2.55. The zero-order chi connectivity index (χ0) is 14.7. The van der Waals surface area contributed by atoms with Crippen LogP contribution in [0.4, 0.5) is 17.5 Å². The van der Waals surface area contributed by atoms with Crippen LogP contribution in [0.3, 0.4) is 0 Å². The Balaban J connectivity index is 1.67. The fourth-order valence-electron chi connectivity index (χ4n) is 2.46. The van der Waals surface area contributed by atoms with Crippen molar-refractivity contribution in [2.75, 3.05) is 41.4 Å². The van der Waals surface area contributed by atoms with Gasteiger partial charge in [-0.1, -0.05) is 17.7 Å². The number of benzene rings is 1. The number of piperazine rings is 1. The lowest BCUT2D eigenvalue weighted by Crippen LogP contribution is -2.46. The lowest BCUT2D eigenvalue weighted by Gasteiger charge is -2.36. The van der Waals surface area contributed by atoms with Crippen molar-refractivity contribution in [3.8, 4) is 0 Å². The highest BCUT2D eigenvalue weighted by Gasteiger charge is 2.18. The molecule has 1 aliphatic heterocycles. The molecule has 0 aliphatic carbocycles. The Labute approximate surface area is 128 Å². The van der Waals surface area contributed by atoms with E-state index in [9.17, 15) is 0 Å². The minimum Gasteiger partial charge on any atom is -0.368 e. The molecule has 0 amide bonds. The van der Waals surface area contributed by atoms with Gasteiger partial charge in [-0.15, -0.1) is 0 Å². The highest BCUT2D eigenvalue weighted by Crippen LogP contribution is 2.22. The summed E-state index contributed by atoms with van der Waals surface area (Å²) >= 11 is 6.05. The zero-order valence-electron chi connectivity index (χ0n) is 11.5. The number of hydrazine groups is 1. The van der Waals surface area contributed by atoms with Crippen molar-refractivity contribution in [2.24, 2.45) is 5.84 Å². The Morgan fingerprint density at radius 3 is 2.57 bits per heavy atom. The molecule has 6 nitrogen and oxygen atoms in total. The van der Waals surface area contributed by atoms with Crippen molar-refractivity contribution >= 4 is 29.1 Å². The largest absolute Gasteiger partial charge is 0.368 e. The highest BCUT2D eigenvalue weighted by molar-refractivity contribution is 6.30. The Morgan fingerprint density at radius 1 is 1.10 bits per heavy atom. The lowest BCUT2D eigenvalue weighted by molar-refractivity contribution is 0.647. The molecule has 0 radical (unpaired) electrons. The van der Waals surface area contributed by atoms with Crippen LogP contribution in [0.25, 0.3) is 0 Å². The summed E-state index contributed by atoms with van der Waals surface area (Å²) in [5.41, 5.74) is 3.63. The third-order valence-corrected chi connectivity index (χ3v) is 3.78. The van der Waals surface area contributed by atoms with Gasteiger partial charge in [-0.2, -0.15) is 4.98 Å². The molecule has 3 N–H and O–H groups in total. The van der Waals surface area contributed by atoms with Crippen LogP contribution in [-0.4, -0.2) is 36.1 Å². The summed E-state index contributed by atoms with van der Waals surface area (Å²) in [6, 6.07) is 9.86. The average molecular weight is 305 g/mol. The van der Waals surface area contributed by atoms with Crippen LogP contribution in [0.2, 0.25) is 5.02 Å². The van der Waals surface area contributed by atoms with Gasteiger partial charge in [-0.25, -0.2) is 10.8 Å². The minimum atomic E-state index is 0.435. The molecule has 7 heteroatoms. The maximum Gasteiger partial charge on any atom is 0.239 e. The van der Waals surface area contributed by atoms with Crippen molar-refractivity contribution in [3.05, 3.63) is 41.6 Å². The van der Waals surface area contributed by atoms with E-state index < -0.39 is 0 Å². The summed E-state index contributed by atoms with van der Waals surface area (Å²) in [6.45, 7) is 3.65. The van der Waals surface area contributed by atoms with E-state index in [0.29, 0.717) is 5.95 Å². The maximum atomic E-state index is 6.05. The van der Waals surface area contributed by atoms with Gasteiger partial charge in [-0.3, -0.25) is 5.43 Å². The Kier molecular flexibility index (Phi) is 4.08. The van der Waals surface area contributed by atoms with Gasteiger partial charge in [0, 0.05) is 43.1 Å². The molecule has 1 aromatic carbocycles. The van der Waals surface area contributed by atoms with Crippen LogP contribution in [0.15, 0.2) is 36.5 Å². The van der Waals surface area contributed by atoms with Gasteiger partial charge in [0.15, 0.2) is 0 Å². The molecule has 0 atom stereocenters. The first-order valence-corrected chi connectivity index (χ1v) is 7.19. The molecule has 0 bridgehead atoms. The summed E-state index contributed by atoms with van der Waals surface area (Å²) < 4.78 is 0. The van der Waals surface area contributed by atoms with Crippen molar-refractivity contribution in [1.82, 2.24) is 9.97 Å². The van der Waals surface area contributed by atoms with E-state index in [2.05, 4.69) is 31.3 Å². The first-order valence-electron chi connectivity index (χ1n) is 6.81. The number of rotatable bonds is 3. The number of halogens is 1. The van der Waals surface area contributed by atoms with E-state index in [4.69, 9.17) is 17.4 Å². The number of nitrogen functional groups attached to an aromatic ring is 1. The first kappa shape index (κ1) is 13.9. The van der Waals surface area contributed by atoms with Gasteiger partial charge in [0.1, 0.15) is 5.82 Å². The number of hydrogen-bond acceptors (Lipinski definition) is 6. The zero-order valence-corrected chi connectivity index (χ0v) is 12.3. The second-order valence-corrected chi connectivity index (χ2v) is 5.27. The third-order valence-electron chi connectivity index (χ3n) is 3.55. The van der Waals surface area contributed by atoms with Crippen LogP contribution in [0.1, 0.15) is 0 Å². The topological polar surface area (TPSA) is 70.3 Å². The molecule has 0 saturated carbocycles. The quantitative estimate of drug-likeness (QED) is 0.665. The van der Waals surface area contributed by atoms with Gasteiger partial charge in [0.25, 0.3) is 0 Å². The van der Waals surface area contributed by atoms with Gasteiger partial charge in [-0.05, 0) is 24.3 Å². The number of hydrogen-bond donors (Lipinski definition) is 2. The molecule has 1 aliphatic rings. The second-order valence-electron chi connectivity index (χ2n) is 4.84. The predicted molar refractivity (Wildman–Crippen MR) is 85.7 cm³/mol. The standard InChI is InChI=1S/C14H17ClN6/c15-11-2-1-3-12(10-11)20-6-8-21(9-7-20)13-4-5-17-14(18-13)19-16/h1-5,10H,6-9,16H2,(H,17,18,19). The molecule has 2 aromatic rings. The maximum absolute atomic E-state index is 6.05. The number of nitrogens with two attached hydrogens (primary N) is 1. The van der Waals surface area contributed by atoms with Crippen LogP contribution in [-0.2, 0) is 0 Å². The Hall–Kier alpha value is -2.05. The number of nitrogens with zero attached hydrogens (tertiary/aromatic N) is 4. The van der Waals surface area contributed by atoms with Crippen LogP contribution < -0.4 is 21.1 Å². The molecular formula is C14H17ClN6. The smallest absolute Gasteiger partial charge is 0.239 e. The third kappa shape index (κ3) is 3.17. The van der Waals surface area contributed by atoms with Gasteiger partial charge in [0.05, 0.1) is 0 Å². The minimum absolute atomic E-state index is 0.435. The first-order chi connectivity index (χ1) is 10.3. The fraction of sp³-hybridized carbons (Fsp3) is 0.286. The molecule has 0 spiro atoms. The van der Waals surface area contributed by atoms with Gasteiger partial charge in [0.2, 0.25) is 5.95 Å². The molecule has 2 heterocycles. The summed E-state index contributed by atoms with van der Waals surface area (Å²) in [5, 5.41) is 0.768. The molecule has 3 rings (SSSR count). The van der Waals surface area contributed by atoms with Crippen LogP contribution in [0, 0.1) is 0 Å². The summed E-state index contributed by atoms with van der Waals surface area (Å²) in [7, 11) is 0. The van der Waals surface area contributed by atoms with Crippen molar-refractivity contribution in [2.45, 2.75) is 0 Å². The van der Waals surface area contributed by atoms with E-state index in [1.54, 1.807) is 6.20 Å². The van der Waals surface area contributed by atoms with Crippen molar-refractivity contribution in [1.29, 1.82) is 0 Å². The van der Waals surface area contributed by atoms with Gasteiger partial charge >= 0.3 is 0 Å². The normalized spacial score (nSPS) is 15.1. The van der Waals surface area contributed by atoms with Crippen molar-refractivity contribution in [3.63, 3.8) is 0 Å². The fourth-order valence-corrected chi connectivity index (χ4v) is 2.65. The van der Waals surface area contributed by atoms with E-state index >= 15 is 0 Å². The number of aromatic nitrogens is 2. The molecular weight excluding hydrogens is 288 g/mol. The van der Waals surface area contributed by atoms with E-state index in [-0.39, 0.29) is 0 Å². The number of anilines is 3. The molecule has 1 saturated heterocycles. The van der Waals surface area contributed by atoms with Crippen LogP contribution in [0.5, 0.6) is 0 Å². The molecule has 1 aromatic heterocycles.